The summed E-state index contributed by atoms with van der Waals surface area (Å²) < 4.78 is 1.67. The van der Waals surface area contributed by atoms with Crippen LogP contribution in [0.1, 0.15) is 11.1 Å². The lowest BCUT2D eigenvalue weighted by molar-refractivity contribution is -0.131. The predicted octanol–water partition coefficient (Wildman–Crippen LogP) is 1.67. The Bertz CT molecular complexity index is 555. The number of aliphatic carboxylic acids is 1. The molecule has 0 amide bonds. The van der Waals surface area contributed by atoms with Crippen molar-refractivity contribution in [2.45, 2.75) is 6.92 Å². The summed E-state index contributed by atoms with van der Waals surface area (Å²) >= 11 is 0. The summed E-state index contributed by atoms with van der Waals surface area (Å²) in [6, 6.07) is 3.58. The molecule has 0 radical (unpaired) electrons. The number of carboxylic acids is 1. The summed E-state index contributed by atoms with van der Waals surface area (Å²) in [5, 5.41) is 12.6. The molecule has 2 heterocycles. The zero-order valence-electron chi connectivity index (χ0n) is 9.24. The molecule has 5 nitrogen and oxygen atoms in total. The van der Waals surface area contributed by atoms with E-state index < -0.39 is 5.97 Å². The summed E-state index contributed by atoms with van der Waals surface area (Å²) in [7, 11) is 0. The average molecular weight is 229 g/mol. The molecule has 0 aromatic carbocycles. The van der Waals surface area contributed by atoms with E-state index in [4.69, 9.17) is 5.11 Å². The van der Waals surface area contributed by atoms with Gasteiger partial charge in [-0.25, -0.2) is 14.5 Å². The van der Waals surface area contributed by atoms with Crippen LogP contribution >= 0.6 is 0 Å². The first kappa shape index (κ1) is 11.1. The van der Waals surface area contributed by atoms with Crippen LogP contribution in [0.15, 0.2) is 36.8 Å². The maximum atomic E-state index is 10.3. The van der Waals surface area contributed by atoms with E-state index in [9.17, 15) is 4.79 Å². The number of aromatic nitrogens is 3. The molecule has 0 saturated heterocycles. The lowest BCUT2D eigenvalue weighted by Gasteiger charge is -1.99. The van der Waals surface area contributed by atoms with Crippen LogP contribution in [0.25, 0.3) is 11.9 Å². The SMILES string of the molecule is Cc1cnn(-c2ccc(/C=C/C(=O)O)cn2)c1. The maximum absolute atomic E-state index is 10.3. The van der Waals surface area contributed by atoms with Crippen LogP contribution in [0.5, 0.6) is 0 Å². The predicted molar refractivity (Wildman–Crippen MR) is 62.8 cm³/mol. The van der Waals surface area contributed by atoms with Crippen molar-refractivity contribution >= 4 is 12.0 Å². The largest absolute Gasteiger partial charge is 0.478 e. The second-order valence-corrected chi connectivity index (χ2v) is 3.58. The molecule has 0 aliphatic carbocycles. The minimum absolute atomic E-state index is 0.700. The number of carboxylic acid groups (broad SMARTS) is 1. The van der Waals surface area contributed by atoms with E-state index in [1.165, 1.54) is 6.08 Å². The molecule has 0 aliphatic heterocycles. The van der Waals surface area contributed by atoms with Gasteiger partial charge in [0.25, 0.3) is 0 Å². The highest BCUT2D eigenvalue weighted by Gasteiger charge is 1.99. The minimum Gasteiger partial charge on any atom is -0.478 e. The molecule has 1 N–H and O–H groups in total. The summed E-state index contributed by atoms with van der Waals surface area (Å²) in [5.41, 5.74) is 1.79. The van der Waals surface area contributed by atoms with Gasteiger partial charge in [-0.2, -0.15) is 5.10 Å². The summed E-state index contributed by atoms with van der Waals surface area (Å²) in [6.45, 7) is 1.95. The zero-order chi connectivity index (χ0) is 12.3. The van der Waals surface area contributed by atoms with E-state index in [1.54, 1.807) is 29.2 Å². The Morgan fingerprint density at radius 3 is 2.76 bits per heavy atom. The van der Waals surface area contributed by atoms with E-state index in [0.717, 1.165) is 17.2 Å². The number of rotatable bonds is 3. The number of carbonyl (C=O) groups is 1. The fourth-order valence-corrected chi connectivity index (χ4v) is 1.34. The lowest BCUT2D eigenvalue weighted by atomic mass is 10.2. The first-order valence-corrected chi connectivity index (χ1v) is 5.04. The van der Waals surface area contributed by atoms with Gasteiger partial charge in [0.2, 0.25) is 0 Å². The molecule has 5 heteroatoms. The molecule has 17 heavy (non-hydrogen) atoms. The molecule has 2 aromatic heterocycles. The van der Waals surface area contributed by atoms with Crippen molar-refractivity contribution in [1.29, 1.82) is 0 Å². The van der Waals surface area contributed by atoms with Crippen molar-refractivity contribution in [3.05, 3.63) is 47.9 Å². The van der Waals surface area contributed by atoms with Gasteiger partial charge in [0.1, 0.15) is 0 Å². The molecule has 0 aliphatic rings. The Balaban J connectivity index is 2.21. The molecule has 2 rings (SSSR count). The molecule has 0 fully saturated rings. The second-order valence-electron chi connectivity index (χ2n) is 3.58. The van der Waals surface area contributed by atoms with Crippen LogP contribution in [-0.2, 0) is 4.79 Å². The smallest absolute Gasteiger partial charge is 0.328 e. The van der Waals surface area contributed by atoms with Gasteiger partial charge in [-0.3, -0.25) is 0 Å². The second kappa shape index (κ2) is 4.61. The molecule has 86 valence electrons. The first-order chi connectivity index (χ1) is 8.15. The van der Waals surface area contributed by atoms with Gasteiger partial charge in [0, 0.05) is 18.5 Å². The highest BCUT2D eigenvalue weighted by atomic mass is 16.4. The van der Waals surface area contributed by atoms with Crippen molar-refractivity contribution in [3.63, 3.8) is 0 Å². The Kier molecular flexibility index (Phi) is 3.00. The van der Waals surface area contributed by atoms with Crippen molar-refractivity contribution < 1.29 is 9.90 Å². The van der Waals surface area contributed by atoms with Crippen molar-refractivity contribution in [3.8, 4) is 5.82 Å². The zero-order valence-corrected chi connectivity index (χ0v) is 9.24. The molecular weight excluding hydrogens is 218 g/mol. The number of hydrogen-bond donors (Lipinski definition) is 1. The van der Waals surface area contributed by atoms with Gasteiger partial charge in [-0.15, -0.1) is 0 Å². The topological polar surface area (TPSA) is 68.0 Å². The molecule has 0 spiro atoms. The average Bonchev–Trinajstić information content (AvgIpc) is 2.74. The van der Waals surface area contributed by atoms with Crippen LogP contribution in [0.3, 0.4) is 0 Å². The highest BCUT2D eigenvalue weighted by Crippen LogP contribution is 2.07. The minimum atomic E-state index is -0.975. The Morgan fingerprint density at radius 2 is 2.24 bits per heavy atom. The normalized spacial score (nSPS) is 10.9. The van der Waals surface area contributed by atoms with Crippen LogP contribution in [0.4, 0.5) is 0 Å². The monoisotopic (exact) mass is 229 g/mol. The number of aryl methyl sites for hydroxylation is 1. The van der Waals surface area contributed by atoms with Gasteiger partial charge in [0.15, 0.2) is 5.82 Å². The summed E-state index contributed by atoms with van der Waals surface area (Å²) in [4.78, 5) is 14.5. The lowest BCUT2D eigenvalue weighted by Crippen LogP contribution is -1.97. The third-order valence-corrected chi connectivity index (χ3v) is 2.14. The van der Waals surface area contributed by atoms with Crippen molar-refractivity contribution in [2.75, 3.05) is 0 Å². The van der Waals surface area contributed by atoms with Crippen LogP contribution in [0, 0.1) is 6.92 Å². The number of nitrogens with zero attached hydrogens (tertiary/aromatic N) is 3. The van der Waals surface area contributed by atoms with Gasteiger partial charge >= 0.3 is 5.97 Å². The molecule has 0 saturated carbocycles. The molecule has 0 atom stereocenters. The van der Waals surface area contributed by atoms with E-state index >= 15 is 0 Å². The van der Waals surface area contributed by atoms with Gasteiger partial charge in [0.05, 0.1) is 6.20 Å². The standard InChI is InChI=1S/C12H11N3O2/c1-9-6-14-15(8-9)11-4-2-10(7-13-11)3-5-12(16)17/h2-8H,1H3,(H,16,17)/b5-3+. The van der Waals surface area contributed by atoms with Crippen LogP contribution < -0.4 is 0 Å². The Hall–Kier alpha value is -2.43. The van der Waals surface area contributed by atoms with E-state index in [1.807, 2.05) is 13.1 Å². The van der Waals surface area contributed by atoms with E-state index in [0.29, 0.717) is 5.82 Å². The third-order valence-electron chi connectivity index (χ3n) is 2.14. The Morgan fingerprint density at radius 1 is 1.41 bits per heavy atom. The fourth-order valence-electron chi connectivity index (χ4n) is 1.34. The molecule has 0 bridgehead atoms. The van der Waals surface area contributed by atoms with Crippen molar-refractivity contribution in [1.82, 2.24) is 14.8 Å². The van der Waals surface area contributed by atoms with Crippen LogP contribution in [-0.4, -0.2) is 25.8 Å². The van der Waals surface area contributed by atoms with Gasteiger partial charge < -0.3 is 5.11 Å². The number of pyridine rings is 1. The van der Waals surface area contributed by atoms with Gasteiger partial charge in [-0.05, 0) is 36.3 Å². The molecule has 2 aromatic rings. The fraction of sp³-hybridized carbons (Fsp3) is 0.0833. The molecular formula is C12H11N3O2. The first-order valence-electron chi connectivity index (χ1n) is 5.04. The summed E-state index contributed by atoms with van der Waals surface area (Å²) in [6.07, 6.45) is 7.79. The Labute approximate surface area is 98.0 Å². The van der Waals surface area contributed by atoms with Crippen LogP contribution in [0.2, 0.25) is 0 Å². The molecule has 0 unspecified atom stereocenters. The highest BCUT2D eigenvalue weighted by molar-refractivity contribution is 5.85. The van der Waals surface area contributed by atoms with Gasteiger partial charge in [-0.1, -0.05) is 0 Å². The van der Waals surface area contributed by atoms with Crippen molar-refractivity contribution in [2.24, 2.45) is 0 Å². The van der Waals surface area contributed by atoms with E-state index in [-0.39, 0.29) is 0 Å². The van der Waals surface area contributed by atoms with E-state index in [2.05, 4.69) is 10.1 Å². The quantitative estimate of drug-likeness (QED) is 0.813. The maximum Gasteiger partial charge on any atom is 0.328 e. The summed E-state index contributed by atoms with van der Waals surface area (Å²) in [5.74, 6) is -0.276. The third kappa shape index (κ3) is 2.78. The number of hydrogen-bond acceptors (Lipinski definition) is 3.